The third-order valence-corrected chi connectivity index (χ3v) is 5.76. The zero-order chi connectivity index (χ0) is 14.0. The fourth-order valence-electron chi connectivity index (χ4n) is 4.42. The molecule has 0 aromatic rings. The fraction of sp³-hybridized carbons (Fsp3) is 1.00. The van der Waals surface area contributed by atoms with E-state index in [2.05, 4.69) is 24.1 Å². The first-order valence-electron chi connectivity index (χ1n) is 8.81. The van der Waals surface area contributed by atoms with Crippen LogP contribution in [0.1, 0.15) is 65.2 Å². The van der Waals surface area contributed by atoms with Crippen LogP contribution in [-0.2, 0) is 4.74 Å². The SMILES string of the molecule is CC1CCC(CN2CC3(CCCCC3)NCCC2C)O1. The number of nitrogens with zero attached hydrogens (tertiary/aromatic N) is 1. The van der Waals surface area contributed by atoms with Gasteiger partial charge in [0.2, 0.25) is 0 Å². The maximum Gasteiger partial charge on any atom is 0.0706 e. The van der Waals surface area contributed by atoms with Crippen molar-refractivity contribution in [2.45, 2.75) is 89.0 Å². The average molecular weight is 280 g/mol. The maximum absolute atomic E-state index is 6.07. The summed E-state index contributed by atoms with van der Waals surface area (Å²) < 4.78 is 6.07. The molecule has 2 heterocycles. The van der Waals surface area contributed by atoms with Crippen molar-refractivity contribution in [1.82, 2.24) is 10.2 Å². The monoisotopic (exact) mass is 280 g/mol. The fourth-order valence-corrected chi connectivity index (χ4v) is 4.42. The van der Waals surface area contributed by atoms with Gasteiger partial charge in [0.05, 0.1) is 12.2 Å². The van der Waals surface area contributed by atoms with Gasteiger partial charge in [0.1, 0.15) is 0 Å². The molecule has 116 valence electrons. The zero-order valence-electron chi connectivity index (χ0n) is 13.4. The lowest BCUT2D eigenvalue weighted by Gasteiger charge is -2.41. The lowest BCUT2D eigenvalue weighted by atomic mass is 9.81. The molecule has 1 saturated carbocycles. The summed E-state index contributed by atoms with van der Waals surface area (Å²) in [5.74, 6) is 0. The molecule has 20 heavy (non-hydrogen) atoms. The summed E-state index contributed by atoms with van der Waals surface area (Å²) in [5, 5.41) is 3.91. The minimum absolute atomic E-state index is 0.410. The van der Waals surface area contributed by atoms with Gasteiger partial charge < -0.3 is 10.1 Å². The highest BCUT2D eigenvalue weighted by molar-refractivity contribution is 4.97. The predicted molar refractivity (Wildman–Crippen MR) is 83.0 cm³/mol. The quantitative estimate of drug-likeness (QED) is 0.841. The first-order valence-corrected chi connectivity index (χ1v) is 8.81. The molecular formula is C17H32N2O. The van der Waals surface area contributed by atoms with E-state index in [4.69, 9.17) is 4.74 Å². The van der Waals surface area contributed by atoms with Crippen molar-refractivity contribution in [3.63, 3.8) is 0 Å². The van der Waals surface area contributed by atoms with Crippen LogP contribution in [0, 0.1) is 0 Å². The molecule has 1 aliphatic carbocycles. The van der Waals surface area contributed by atoms with E-state index >= 15 is 0 Å². The molecule has 0 aromatic heterocycles. The zero-order valence-corrected chi connectivity index (χ0v) is 13.4. The highest BCUT2D eigenvalue weighted by Crippen LogP contribution is 2.32. The Morgan fingerprint density at radius 1 is 1.10 bits per heavy atom. The van der Waals surface area contributed by atoms with Crippen molar-refractivity contribution in [2.75, 3.05) is 19.6 Å². The Morgan fingerprint density at radius 2 is 1.90 bits per heavy atom. The third-order valence-electron chi connectivity index (χ3n) is 5.76. The van der Waals surface area contributed by atoms with Crippen LogP contribution in [0.4, 0.5) is 0 Å². The topological polar surface area (TPSA) is 24.5 Å². The van der Waals surface area contributed by atoms with Gasteiger partial charge in [0.15, 0.2) is 0 Å². The van der Waals surface area contributed by atoms with E-state index in [1.54, 1.807) is 0 Å². The number of nitrogens with one attached hydrogen (secondary N) is 1. The average Bonchev–Trinajstić information content (AvgIpc) is 2.78. The summed E-state index contributed by atoms with van der Waals surface area (Å²) in [6, 6.07) is 0.698. The normalized spacial score (nSPS) is 39.0. The number of hydrogen-bond donors (Lipinski definition) is 1. The molecule has 2 saturated heterocycles. The number of ether oxygens (including phenoxy) is 1. The van der Waals surface area contributed by atoms with Gasteiger partial charge in [-0.15, -0.1) is 0 Å². The van der Waals surface area contributed by atoms with Crippen molar-refractivity contribution >= 4 is 0 Å². The van der Waals surface area contributed by atoms with Crippen LogP contribution in [0.5, 0.6) is 0 Å². The third kappa shape index (κ3) is 3.37. The van der Waals surface area contributed by atoms with Crippen molar-refractivity contribution in [3.8, 4) is 0 Å². The second-order valence-electron chi connectivity index (χ2n) is 7.48. The minimum atomic E-state index is 0.410. The van der Waals surface area contributed by atoms with E-state index in [0.717, 1.165) is 6.54 Å². The van der Waals surface area contributed by atoms with Gasteiger partial charge >= 0.3 is 0 Å². The van der Waals surface area contributed by atoms with Crippen LogP contribution in [0.25, 0.3) is 0 Å². The predicted octanol–water partition coefficient (Wildman–Crippen LogP) is 2.94. The molecule has 1 spiro atoms. The van der Waals surface area contributed by atoms with Crippen LogP contribution >= 0.6 is 0 Å². The summed E-state index contributed by atoms with van der Waals surface area (Å²) >= 11 is 0. The van der Waals surface area contributed by atoms with Gasteiger partial charge in [0, 0.05) is 24.7 Å². The van der Waals surface area contributed by atoms with Gasteiger partial charge in [-0.25, -0.2) is 0 Å². The summed E-state index contributed by atoms with van der Waals surface area (Å²) in [6.45, 7) is 8.20. The van der Waals surface area contributed by atoms with E-state index in [0.29, 0.717) is 23.8 Å². The molecular weight excluding hydrogens is 248 g/mol. The van der Waals surface area contributed by atoms with Crippen LogP contribution in [0.3, 0.4) is 0 Å². The van der Waals surface area contributed by atoms with Crippen molar-refractivity contribution in [2.24, 2.45) is 0 Å². The van der Waals surface area contributed by atoms with Gasteiger partial charge in [-0.3, -0.25) is 4.90 Å². The second-order valence-corrected chi connectivity index (χ2v) is 7.48. The molecule has 3 aliphatic rings. The largest absolute Gasteiger partial charge is 0.374 e. The first kappa shape index (κ1) is 14.8. The van der Waals surface area contributed by atoms with Gasteiger partial charge in [-0.1, -0.05) is 19.3 Å². The Hall–Kier alpha value is -0.120. The van der Waals surface area contributed by atoms with E-state index in [1.165, 1.54) is 64.5 Å². The van der Waals surface area contributed by atoms with E-state index < -0.39 is 0 Å². The van der Waals surface area contributed by atoms with Crippen LogP contribution in [0.2, 0.25) is 0 Å². The van der Waals surface area contributed by atoms with Crippen LogP contribution < -0.4 is 5.32 Å². The molecule has 0 bridgehead atoms. The molecule has 0 amide bonds. The summed E-state index contributed by atoms with van der Waals surface area (Å²) in [7, 11) is 0. The second kappa shape index (κ2) is 6.33. The smallest absolute Gasteiger partial charge is 0.0706 e. The molecule has 3 fully saturated rings. The Balaban J connectivity index is 1.63. The summed E-state index contributed by atoms with van der Waals surface area (Å²) in [5.41, 5.74) is 0.410. The molecule has 0 radical (unpaired) electrons. The van der Waals surface area contributed by atoms with Gasteiger partial charge in [0.25, 0.3) is 0 Å². The van der Waals surface area contributed by atoms with E-state index in [9.17, 15) is 0 Å². The highest BCUT2D eigenvalue weighted by Gasteiger charge is 2.38. The standard InChI is InChI=1S/C17H32N2O/c1-14-8-11-18-17(9-4-3-5-10-17)13-19(14)12-16-7-6-15(2)20-16/h14-16,18H,3-13H2,1-2H3. The van der Waals surface area contributed by atoms with Crippen molar-refractivity contribution in [3.05, 3.63) is 0 Å². The Morgan fingerprint density at radius 3 is 2.60 bits per heavy atom. The minimum Gasteiger partial charge on any atom is -0.374 e. The van der Waals surface area contributed by atoms with Crippen LogP contribution in [0.15, 0.2) is 0 Å². The van der Waals surface area contributed by atoms with Gasteiger partial charge in [-0.2, -0.15) is 0 Å². The Bertz CT molecular complexity index is 314. The Kier molecular flexibility index (Phi) is 4.68. The molecule has 3 rings (SSSR count). The summed E-state index contributed by atoms with van der Waals surface area (Å²) in [4.78, 5) is 2.73. The molecule has 0 aromatic carbocycles. The maximum atomic E-state index is 6.07. The van der Waals surface area contributed by atoms with E-state index in [1.807, 2.05) is 0 Å². The molecule has 3 heteroatoms. The van der Waals surface area contributed by atoms with Gasteiger partial charge in [-0.05, 0) is 52.5 Å². The van der Waals surface area contributed by atoms with Crippen molar-refractivity contribution in [1.29, 1.82) is 0 Å². The van der Waals surface area contributed by atoms with Crippen LogP contribution in [-0.4, -0.2) is 48.3 Å². The number of rotatable bonds is 2. The first-order chi connectivity index (χ1) is 9.67. The molecule has 1 N–H and O–H groups in total. The van der Waals surface area contributed by atoms with E-state index in [-0.39, 0.29) is 0 Å². The molecule has 2 aliphatic heterocycles. The number of hydrogen-bond acceptors (Lipinski definition) is 3. The lowest BCUT2D eigenvalue weighted by Crippen LogP contribution is -2.54. The lowest BCUT2D eigenvalue weighted by molar-refractivity contribution is 0.0161. The molecule has 3 nitrogen and oxygen atoms in total. The summed E-state index contributed by atoms with van der Waals surface area (Å²) in [6.07, 6.45) is 11.7. The van der Waals surface area contributed by atoms with Crippen molar-refractivity contribution < 1.29 is 4.74 Å². The molecule has 3 atom stereocenters. The highest BCUT2D eigenvalue weighted by atomic mass is 16.5. The Labute approximate surface area is 124 Å². The molecule has 3 unspecified atom stereocenters.